The van der Waals surface area contributed by atoms with Crippen LogP contribution in [0.15, 0.2) is 18.2 Å². The number of carbonyl (C=O) groups is 3. The Hall–Kier alpha value is -2.37. The van der Waals surface area contributed by atoms with Crippen molar-refractivity contribution >= 4 is 17.8 Å². The number of amides is 1. The summed E-state index contributed by atoms with van der Waals surface area (Å²) >= 11 is 0. The van der Waals surface area contributed by atoms with Gasteiger partial charge in [-0.25, -0.2) is 9.59 Å². The van der Waals surface area contributed by atoms with Gasteiger partial charge >= 0.3 is 11.9 Å². The maximum absolute atomic E-state index is 11.2. The van der Waals surface area contributed by atoms with Crippen molar-refractivity contribution in [2.45, 2.75) is 109 Å². The highest BCUT2D eigenvalue weighted by atomic mass is 16.4. The molecular formula is C26H41NO5. The SMILES string of the molecule is NC(=O)CCCCCCCCCCCCCCCCCc1cc(C(=O)O)cc(C(=O)O)c1. The number of nitrogens with two attached hydrogens (primary N) is 1. The first-order valence-electron chi connectivity index (χ1n) is 12.3. The van der Waals surface area contributed by atoms with Crippen molar-refractivity contribution in [3.8, 4) is 0 Å². The molecule has 0 radical (unpaired) electrons. The molecular weight excluding hydrogens is 406 g/mol. The highest BCUT2D eigenvalue weighted by molar-refractivity contribution is 5.94. The number of aromatic carboxylic acids is 2. The van der Waals surface area contributed by atoms with Crippen LogP contribution >= 0.6 is 0 Å². The van der Waals surface area contributed by atoms with Crippen molar-refractivity contribution in [3.05, 3.63) is 34.9 Å². The molecule has 0 fully saturated rings. The molecule has 1 rings (SSSR count). The number of benzene rings is 1. The maximum atomic E-state index is 11.2. The first-order chi connectivity index (χ1) is 15.4. The Bertz CT molecular complexity index is 669. The van der Waals surface area contributed by atoms with Gasteiger partial charge in [0.15, 0.2) is 0 Å². The summed E-state index contributed by atoms with van der Waals surface area (Å²) in [5.41, 5.74) is 6.00. The van der Waals surface area contributed by atoms with Crippen LogP contribution in [0.5, 0.6) is 0 Å². The van der Waals surface area contributed by atoms with E-state index >= 15 is 0 Å². The Morgan fingerprint density at radius 3 is 1.25 bits per heavy atom. The molecule has 0 saturated carbocycles. The number of aryl methyl sites for hydroxylation is 1. The molecule has 0 unspecified atom stereocenters. The van der Waals surface area contributed by atoms with Crippen molar-refractivity contribution in [1.29, 1.82) is 0 Å². The van der Waals surface area contributed by atoms with Crippen LogP contribution in [0.4, 0.5) is 0 Å². The Morgan fingerprint density at radius 1 is 0.562 bits per heavy atom. The fourth-order valence-electron chi connectivity index (χ4n) is 4.01. The van der Waals surface area contributed by atoms with E-state index in [4.69, 9.17) is 15.9 Å². The Labute approximate surface area is 192 Å². The van der Waals surface area contributed by atoms with E-state index in [1.165, 1.54) is 76.7 Å². The van der Waals surface area contributed by atoms with Crippen LogP contribution in [0, 0.1) is 0 Å². The molecule has 0 bridgehead atoms. The predicted molar refractivity (Wildman–Crippen MR) is 127 cm³/mol. The smallest absolute Gasteiger partial charge is 0.335 e. The van der Waals surface area contributed by atoms with E-state index in [0.29, 0.717) is 12.8 Å². The van der Waals surface area contributed by atoms with Crippen molar-refractivity contribution in [1.82, 2.24) is 0 Å². The highest BCUT2D eigenvalue weighted by Gasteiger charge is 2.11. The first kappa shape index (κ1) is 27.7. The average molecular weight is 448 g/mol. The number of carboxylic acids is 2. The zero-order valence-electron chi connectivity index (χ0n) is 19.4. The summed E-state index contributed by atoms with van der Waals surface area (Å²) in [7, 11) is 0. The number of primary amides is 1. The molecule has 0 atom stereocenters. The quantitative estimate of drug-likeness (QED) is 0.201. The second-order valence-corrected chi connectivity index (χ2v) is 8.80. The molecule has 6 nitrogen and oxygen atoms in total. The number of carbonyl (C=O) groups excluding carboxylic acids is 1. The molecule has 0 aliphatic carbocycles. The van der Waals surface area contributed by atoms with Crippen LogP contribution in [0.1, 0.15) is 129 Å². The van der Waals surface area contributed by atoms with Crippen molar-refractivity contribution < 1.29 is 24.6 Å². The minimum Gasteiger partial charge on any atom is -0.478 e. The van der Waals surface area contributed by atoms with E-state index in [2.05, 4.69) is 0 Å². The van der Waals surface area contributed by atoms with Gasteiger partial charge in [0.1, 0.15) is 0 Å². The second-order valence-electron chi connectivity index (χ2n) is 8.80. The van der Waals surface area contributed by atoms with E-state index in [-0.39, 0.29) is 17.0 Å². The van der Waals surface area contributed by atoms with Crippen LogP contribution < -0.4 is 5.73 Å². The molecule has 0 heterocycles. The lowest BCUT2D eigenvalue weighted by Gasteiger charge is -2.06. The average Bonchev–Trinajstić information content (AvgIpc) is 2.75. The molecule has 1 aromatic rings. The molecule has 0 saturated heterocycles. The minimum atomic E-state index is -1.09. The first-order valence-corrected chi connectivity index (χ1v) is 12.3. The Morgan fingerprint density at radius 2 is 0.906 bits per heavy atom. The summed E-state index contributed by atoms with van der Waals surface area (Å²) < 4.78 is 0. The Kier molecular flexibility index (Phi) is 14.9. The van der Waals surface area contributed by atoms with E-state index < -0.39 is 11.9 Å². The molecule has 0 aliphatic heterocycles. The van der Waals surface area contributed by atoms with Crippen LogP contribution in [0.25, 0.3) is 0 Å². The van der Waals surface area contributed by atoms with Gasteiger partial charge in [0.25, 0.3) is 0 Å². The molecule has 1 amide bonds. The topological polar surface area (TPSA) is 118 Å². The van der Waals surface area contributed by atoms with Gasteiger partial charge in [0.2, 0.25) is 5.91 Å². The van der Waals surface area contributed by atoms with Gasteiger partial charge in [-0.2, -0.15) is 0 Å². The number of carboxylic acid groups (broad SMARTS) is 2. The molecule has 1 aromatic carbocycles. The van der Waals surface area contributed by atoms with Crippen molar-refractivity contribution in [2.75, 3.05) is 0 Å². The minimum absolute atomic E-state index is 0.0418. The summed E-state index contributed by atoms with van der Waals surface area (Å²) in [4.78, 5) is 33.0. The molecule has 0 aromatic heterocycles. The van der Waals surface area contributed by atoms with Gasteiger partial charge in [-0.15, -0.1) is 0 Å². The normalized spacial score (nSPS) is 10.9. The van der Waals surface area contributed by atoms with Gasteiger partial charge in [-0.1, -0.05) is 83.5 Å². The second kappa shape index (κ2) is 17.2. The molecule has 0 aliphatic rings. The number of rotatable bonds is 20. The van der Waals surface area contributed by atoms with E-state index in [0.717, 1.165) is 31.2 Å². The predicted octanol–water partition coefficient (Wildman–Crippen LogP) is 6.35. The Balaban J connectivity index is 1.96. The lowest BCUT2D eigenvalue weighted by molar-refractivity contribution is -0.118. The maximum Gasteiger partial charge on any atom is 0.335 e. The molecule has 0 spiro atoms. The summed E-state index contributed by atoms with van der Waals surface area (Å²) in [5, 5.41) is 18.3. The third-order valence-electron chi connectivity index (χ3n) is 5.88. The van der Waals surface area contributed by atoms with E-state index in [1.54, 1.807) is 12.1 Å². The van der Waals surface area contributed by atoms with Crippen molar-refractivity contribution in [2.24, 2.45) is 5.73 Å². The highest BCUT2D eigenvalue weighted by Crippen LogP contribution is 2.16. The fraction of sp³-hybridized carbons (Fsp3) is 0.654. The van der Waals surface area contributed by atoms with Crippen molar-refractivity contribution in [3.63, 3.8) is 0 Å². The van der Waals surface area contributed by atoms with Crippen LogP contribution in [-0.2, 0) is 11.2 Å². The van der Waals surface area contributed by atoms with Gasteiger partial charge < -0.3 is 15.9 Å². The molecule has 4 N–H and O–H groups in total. The standard InChI is InChI=1S/C26H41NO5/c27-24(28)17-15-13-11-9-7-5-3-1-2-4-6-8-10-12-14-16-21-18-22(25(29)30)20-23(19-21)26(31)32/h18-20H,1-17H2,(H2,27,28)(H,29,30)(H,31,32). The fourth-order valence-corrected chi connectivity index (χ4v) is 4.01. The largest absolute Gasteiger partial charge is 0.478 e. The number of hydrogen-bond acceptors (Lipinski definition) is 3. The number of unbranched alkanes of at least 4 members (excludes halogenated alkanes) is 14. The van der Waals surface area contributed by atoms with E-state index in [1.807, 2.05) is 0 Å². The monoisotopic (exact) mass is 447 g/mol. The van der Waals surface area contributed by atoms with Crippen LogP contribution in [0.3, 0.4) is 0 Å². The number of hydrogen-bond donors (Lipinski definition) is 3. The van der Waals surface area contributed by atoms with Gasteiger partial charge in [0, 0.05) is 6.42 Å². The van der Waals surface area contributed by atoms with Crippen LogP contribution in [-0.4, -0.2) is 28.1 Å². The summed E-state index contributed by atoms with van der Waals surface area (Å²) in [6, 6.07) is 4.38. The zero-order valence-corrected chi connectivity index (χ0v) is 19.4. The van der Waals surface area contributed by atoms with Gasteiger partial charge in [-0.05, 0) is 43.0 Å². The van der Waals surface area contributed by atoms with E-state index in [9.17, 15) is 14.4 Å². The molecule has 32 heavy (non-hydrogen) atoms. The van der Waals surface area contributed by atoms with Gasteiger partial charge in [0.05, 0.1) is 11.1 Å². The zero-order chi connectivity index (χ0) is 23.6. The lowest BCUT2D eigenvalue weighted by atomic mass is 10.00. The summed E-state index contributed by atoms with van der Waals surface area (Å²) in [5.74, 6) is -2.37. The summed E-state index contributed by atoms with van der Waals surface area (Å²) in [6.07, 6.45) is 19.2. The van der Waals surface area contributed by atoms with Crippen LogP contribution in [0.2, 0.25) is 0 Å². The van der Waals surface area contributed by atoms with Gasteiger partial charge in [-0.3, -0.25) is 4.79 Å². The molecule has 6 heteroatoms. The lowest BCUT2D eigenvalue weighted by Crippen LogP contribution is -2.09. The molecule has 180 valence electrons. The third kappa shape index (κ3) is 13.8. The summed E-state index contributed by atoms with van der Waals surface area (Å²) in [6.45, 7) is 0. The third-order valence-corrected chi connectivity index (χ3v) is 5.88.